The van der Waals surface area contributed by atoms with Crippen LogP contribution in [0.2, 0.25) is 0 Å². The van der Waals surface area contributed by atoms with Crippen LogP contribution in [0.3, 0.4) is 0 Å². The van der Waals surface area contributed by atoms with E-state index in [-0.39, 0.29) is 18.5 Å². The van der Waals surface area contributed by atoms with Gasteiger partial charge in [-0.25, -0.2) is 0 Å². The van der Waals surface area contributed by atoms with Crippen LogP contribution in [-0.4, -0.2) is 36.8 Å². The largest absolute Gasteiger partial charge is 0.401 e. The van der Waals surface area contributed by atoms with Gasteiger partial charge >= 0.3 is 6.18 Å². The molecule has 1 unspecified atom stereocenters. The highest BCUT2D eigenvalue weighted by Crippen LogP contribution is 2.20. The SMILES string of the molecule is CCCN(CC(F)(F)F)C(CN)C(C)C. The fraction of sp³-hybridized carbons (Fsp3) is 1.00. The molecule has 0 heterocycles. The van der Waals surface area contributed by atoms with Gasteiger partial charge in [0.2, 0.25) is 0 Å². The van der Waals surface area contributed by atoms with E-state index >= 15 is 0 Å². The van der Waals surface area contributed by atoms with Gasteiger partial charge in [-0.1, -0.05) is 20.8 Å². The number of rotatable bonds is 6. The van der Waals surface area contributed by atoms with Crippen molar-refractivity contribution in [2.75, 3.05) is 19.6 Å². The Bertz CT molecular complexity index is 169. The van der Waals surface area contributed by atoms with Crippen LogP contribution < -0.4 is 5.73 Å². The van der Waals surface area contributed by atoms with Crippen LogP contribution in [0, 0.1) is 5.92 Å². The monoisotopic (exact) mass is 226 g/mol. The van der Waals surface area contributed by atoms with Crippen molar-refractivity contribution in [1.82, 2.24) is 4.90 Å². The zero-order valence-electron chi connectivity index (χ0n) is 9.64. The maximum absolute atomic E-state index is 12.3. The molecule has 92 valence electrons. The van der Waals surface area contributed by atoms with Crippen LogP contribution in [0.1, 0.15) is 27.2 Å². The molecule has 0 aromatic heterocycles. The lowest BCUT2D eigenvalue weighted by Crippen LogP contribution is -2.48. The third kappa shape index (κ3) is 5.99. The van der Waals surface area contributed by atoms with Crippen LogP contribution >= 0.6 is 0 Å². The van der Waals surface area contributed by atoms with E-state index in [9.17, 15) is 13.2 Å². The van der Waals surface area contributed by atoms with Crippen LogP contribution in [0.5, 0.6) is 0 Å². The highest BCUT2D eigenvalue weighted by Gasteiger charge is 2.33. The minimum absolute atomic E-state index is 0.142. The van der Waals surface area contributed by atoms with Crippen molar-refractivity contribution in [3.8, 4) is 0 Å². The van der Waals surface area contributed by atoms with Gasteiger partial charge < -0.3 is 5.73 Å². The number of hydrogen-bond donors (Lipinski definition) is 1. The maximum atomic E-state index is 12.3. The fourth-order valence-electron chi connectivity index (χ4n) is 1.72. The Balaban J connectivity index is 4.47. The Morgan fingerprint density at radius 2 is 1.80 bits per heavy atom. The van der Waals surface area contributed by atoms with E-state index in [4.69, 9.17) is 5.73 Å². The second-order valence-corrected chi connectivity index (χ2v) is 4.13. The fourth-order valence-corrected chi connectivity index (χ4v) is 1.72. The first-order valence-corrected chi connectivity index (χ1v) is 5.32. The number of nitrogens with two attached hydrogens (primary N) is 1. The molecular weight excluding hydrogens is 205 g/mol. The van der Waals surface area contributed by atoms with E-state index in [1.54, 1.807) is 0 Å². The molecule has 0 radical (unpaired) electrons. The topological polar surface area (TPSA) is 29.3 Å². The zero-order valence-corrected chi connectivity index (χ0v) is 9.64. The first-order valence-electron chi connectivity index (χ1n) is 5.32. The molecule has 0 fully saturated rings. The van der Waals surface area contributed by atoms with Gasteiger partial charge in [-0.3, -0.25) is 4.90 Å². The quantitative estimate of drug-likeness (QED) is 0.752. The Kier molecular flexibility index (Phi) is 6.20. The van der Waals surface area contributed by atoms with E-state index < -0.39 is 12.7 Å². The van der Waals surface area contributed by atoms with Crippen molar-refractivity contribution < 1.29 is 13.2 Å². The normalized spacial score (nSPS) is 15.0. The summed E-state index contributed by atoms with van der Waals surface area (Å²) in [6.07, 6.45) is -3.43. The van der Waals surface area contributed by atoms with Gasteiger partial charge in [0.05, 0.1) is 6.54 Å². The lowest BCUT2D eigenvalue weighted by Gasteiger charge is -2.33. The second-order valence-electron chi connectivity index (χ2n) is 4.13. The summed E-state index contributed by atoms with van der Waals surface area (Å²) in [7, 11) is 0. The summed E-state index contributed by atoms with van der Waals surface area (Å²) >= 11 is 0. The van der Waals surface area contributed by atoms with Crippen molar-refractivity contribution in [1.29, 1.82) is 0 Å². The molecule has 0 saturated carbocycles. The molecule has 0 aliphatic rings. The second kappa shape index (κ2) is 6.33. The van der Waals surface area contributed by atoms with Gasteiger partial charge in [-0.05, 0) is 18.9 Å². The molecule has 15 heavy (non-hydrogen) atoms. The molecule has 0 bridgehead atoms. The van der Waals surface area contributed by atoms with Gasteiger partial charge in [-0.2, -0.15) is 13.2 Å². The van der Waals surface area contributed by atoms with E-state index in [2.05, 4.69) is 0 Å². The molecule has 5 heteroatoms. The third-order valence-corrected chi connectivity index (χ3v) is 2.37. The minimum atomic E-state index is -4.14. The smallest absolute Gasteiger partial charge is 0.329 e. The van der Waals surface area contributed by atoms with Crippen molar-refractivity contribution >= 4 is 0 Å². The summed E-state index contributed by atoms with van der Waals surface area (Å²) in [5.74, 6) is 0.142. The summed E-state index contributed by atoms with van der Waals surface area (Å²) in [5.41, 5.74) is 5.51. The first-order chi connectivity index (χ1) is 6.81. The predicted octanol–water partition coefficient (Wildman–Crippen LogP) is 2.24. The van der Waals surface area contributed by atoms with Crippen LogP contribution in [0.4, 0.5) is 13.2 Å². The molecule has 0 spiro atoms. The molecule has 0 rings (SSSR count). The van der Waals surface area contributed by atoms with Gasteiger partial charge in [0.25, 0.3) is 0 Å². The Morgan fingerprint density at radius 1 is 1.27 bits per heavy atom. The highest BCUT2D eigenvalue weighted by molar-refractivity contribution is 4.77. The summed E-state index contributed by atoms with van der Waals surface area (Å²) in [6, 6.07) is -0.188. The Labute approximate surface area is 89.6 Å². The molecule has 0 aliphatic heterocycles. The first kappa shape index (κ1) is 14.7. The van der Waals surface area contributed by atoms with E-state index in [1.165, 1.54) is 4.90 Å². The van der Waals surface area contributed by atoms with Crippen molar-refractivity contribution in [2.24, 2.45) is 11.7 Å². The average molecular weight is 226 g/mol. The lowest BCUT2D eigenvalue weighted by molar-refractivity contribution is -0.152. The minimum Gasteiger partial charge on any atom is -0.329 e. The lowest BCUT2D eigenvalue weighted by atomic mass is 10.0. The van der Waals surface area contributed by atoms with E-state index in [0.717, 1.165) is 0 Å². The van der Waals surface area contributed by atoms with Crippen molar-refractivity contribution in [3.05, 3.63) is 0 Å². The molecule has 0 amide bonds. The standard InChI is InChI=1S/C10H21F3N2/c1-4-5-15(7-10(11,12)13)9(6-14)8(2)3/h8-9H,4-7,14H2,1-3H3. The van der Waals surface area contributed by atoms with Gasteiger partial charge in [-0.15, -0.1) is 0 Å². The predicted molar refractivity (Wildman–Crippen MR) is 55.6 cm³/mol. The molecule has 0 aromatic carbocycles. The third-order valence-electron chi connectivity index (χ3n) is 2.37. The maximum Gasteiger partial charge on any atom is 0.401 e. The zero-order chi connectivity index (χ0) is 12.1. The molecule has 2 N–H and O–H groups in total. The number of nitrogens with zero attached hydrogens (tertiary/aromatic N) is 1. The number of halogens is 3. The molecule has 1 atom stereocenters. The molecular formula is C10H21F3N2. The van der Waals surface area contributed by atoms with Crippen molar-refractivity contribution in [2.45, 2.75) is 39.4 Å². The molecule has 0 saturated heterocycles. The Hall–Kier alpha value is -0.290. The summed E-state index contributed by atoms with van der Waals surface area (Å²) in [4.78, 5) is 1.44. The molecule has 0 aliphatic carbocycles. The average Bonchev–Trinajstić information content (AvgIpc) is 2.01. The Morgan fingerprint density at radius 3 is 2.07 bits per heavy atom. The van der Waals surface area contributed by atoms with E-state index in [1.807, 2.05) is 20.8 Å². The van der Waals surface area contributed by atoms with Crippen LogP contribution in [-0.2, 0) is 0 Å². The number of alkyl halides is 3. The van der Waals surface area contributed by atoms with Crippen LogP contribution in [0.15, 0.2) is 0 Å². The molecule has 2 nitrogen and oxygen atoms in total. The van der Waals surface area contributed by atoms with Crippen LogP contribution in [0.25, 0.3) is 0 Å². The summed E-state index contributed by atoms with van der Waals surface area (Å²) < 4.78 is 36.9. The number of hydrogen-bond acceptors (Lipinski definition) is 2. The van der Waals surface area contributed by atoms with Gasteiger partial charge in [0.1, 0.15) is 0 Å². The highest BCUT2D eigenvalue weighted by atomic mass is 19.4. The summed E-state index contributed by atoms with van der Waals surface area (Å²) in [6.45, 7) is 5.53. The molecule has 0 aromatic rings. The van der Waals surface area contributed by atoms with E-state index in [0.29, 0.717) is 13.0 Å². The van der Waals surface area contributed by atoms with Gasteiger partial charge in [0, 0.05) is 12.6 Å². The summed E-state index contributed by atoms with van der Waals surface area (Å²) in [5, 5.41) is 0. The van der Waals surface area contributed by atoms with Crippen molar-refractivity contribution in [3.63, 3.8) is 0 Å². The van der Waals surface area contributed by atoms with Gasteiger partial charge in [0.15, 0.2) is 0 Å².